The van der Waals surface area contributed by atoms with Gasteiger partial charge in [0.2, 0.25) is 0 Å². The molecule has 0 aromatic carbocycles. The van der Waals surface area contributed by atoms with Gasteiger partial charge in [0.05, 0.1) is 6.54 Å². The molecule has 0 aromatic heterocycles. The largest absolute Gasteiger partial charge is 0.393 e. The van der Waals surface area contributed by atoms with Crippen molar-refractivity contribution < 1.29 is 18.4 Å². The van der Waals surface area contributed by atoms with Gasteiger partial charge in [0.25, 0.3) is 0 Å². The Kier molecular flexibility index (Phi) is 5.20. The lowest BCUT2D eigenvalue weighted by Crippen LogP contribution is -2.18. The van der Waals surface area contributed by atoms with E-state index in [0.717, 1.165) is 0 Å². The number of hydrogen-bond acceptors (Lipinski definition) is 5. The smallest absolute Gasteiger partial charge is 0.369 e. The number of likely N-dealkylation sites (N-methyl/N-ethyl adjacent to an activating group) is 1. The fourth-order valence-corrected chi connectivity index (χ4v) is 0.656. The van der Waals surface area contributed by atoms with E-state index in [2.05, 4.69) is 14.4 Å². The lowest BCUT2D eigenvalue weighted by molar-refractivity contribution is -0.133. The van der Waals surface area contributed by atoms with E-state index in [1.807, 2.05) is 0 Å². The Labute approximate surface area is 59.7 Å². The molecule has 0 aliphatic heterocycles. The van der Waals surface area contributed by atoms with E-state index >= 15 is 0 Å². The second kappa shape index (κ2) is 5.41. The van der Waals surface area contributed by atoms with Gasteiger partial charge in [-0.2, -0.15) is 0 Å². The van der Waals surface area contributed by atoms with Crippen molar-refractivity contribution in [3.8, 4) is 0 Å². The zero-order valence-electron chi connectivity index (χ0n) is 5.84. The van der Waals surface area contributed by atoms with Crippen LogP contribution in [-0.4, -0.2) is 26.7 Å². The van der Waals surface area contributed by atoms with E-state index in [1.54, 1.807) is 7.05 Å². The Balaban J connectivity index is 3.47. The van der Waals surface area contributed by atoms with E-state index in [9.17, 15) is 9.36 Å². The van der Waals surface area contributed by atoms with Gasteiger partial charge < -0.3 is 14.4 Å². The van der Waals surface area contributed by atoms with Gasteiger partial charge in [-0.3, -0.25) is 4.79 Å². The minimum atomic E-state index is -2.59. The van der Waals surface area contributed by atoms with Crippen LogP contribution in [0.15, 0.2) is 0 Å². The predicted octanol–water partition coefficient (Wildman–Crippen LogP) is -0.215. The maximum absolute atomic E-state index is 10.5. The molecule has 10 heavy (non-hydrogen) atoms. The van der Waals surface area contributed by atoms with Crippen LogP contribution in [0.2, 0.25) is 0 Å². The first-order valence-corrected chi connectivity index (χ1v) is 3.86. The Morgan fingerprint density at radius 2 is 2.30 bits per heavy atom. The molecule has 0 aliphatic carbocycles. The van der Waals surface area contributed by atoms with E-state index in [-0.39, 0.29) is 6.54 Å². The fraction of sp³-hybridized carbons (Fsp3) is 0.750. The molecule has 0 saturated heterocycles. The zero-order valence-corrected chi connectivity index (χ0v) is 6.84. The van der Waals surface area contributed by atoms with Gasteiger partial charge in [0, 0.05) is 7.11 Å². The molecule has 0 amide bonds. The molecule has 0 fully saturated rings. The maximum atomic E-state index is 10.5. The molecule has 0 heterocycles. The second-order valence-corrected chi connectivity index (χ2v) is 2.57. The topological polar surface area (TPSA) is 64.6 Å². The number of carbonyl (C=O) groups excluding carboxylic acids is 1. The molecular formula is C4H10NO4P. The number of carbonyl (C=O) groups is 1. The molecule has 0 saturated carbocycles. The third-order valence-electron chi connectivity index (χ3n) is 0.685. The summed E-state index contributed by atoms with van der Waals surface area (Å²) in [5.74, 6) is -0.576. The van der Waals surface area contributed by atoms with Crippen molar-refractivity contribution in [2.24, 2.45) is 0 Å². The third kappa shape index (κ3) is 4.49. The second-order valence-electron chi connectivity index (χ2n) is 1.46. The molecule has 0 rings (SSSR count). The summed E-state index contributed by atoms with van der Waals surface area (Å²) in [6.07, 6.45) is 0. The summed E-state index contributed by atoms with van der Waals surface area (Å²) in [5, 5.41) is 2.54. The Morgan fingerprint density at radius 3 is 2.70 bits per heavy atom. The molecule has 1 atom stereocenters. The minimum absolute atomic E-state index is 0.0414. The maximum Gasteiger partial charge on any atom is 0.369 e. The van der Waals surface area contributed by atoms with Crippen molar-refractivity contribution in [1.29, 1.82) is 0 Å². The van der Waals surface area contributed by atoms with Crippen LogP contribution in [0, 0.1) is 0 Å². The minimum Gasteiger partial charge on any atom is -0.393 e. The van der Waals surface area contributed by atoms with Gasteiger partial charge in [-0.25, -0.2) is 4.57 Å². The van der Waals surface area contributed by atoms with Gasteiger partial charge in [0.1, 0.15) is 0 Å². The molecule has 6 heteroatoms. The summed E-state index contributed by atoms with van der Waals surface area (Å²) < 4.78 is 18.9. The van der Waals surface area contributed by atoms with Crippen LogP contribution in [-0.2, 0) is 18.4 Å². The highest BCUT2D eigenvalue weighted by atomic mass is 31.1. The summed E-state index contributed by atoms with van der Waals surface area (Å²) in [4.78, 5) is 10.5. The average Bonchev–Trinajstić information content (AvgIpc) is 1.88. The zero-order chi connectivity index (χ0) is 7.98. The molecule has 60 valence electrons. The first-order valence-electron chi connectivity index (χ1n) is 2.64. The molecule has 1 unspecified atom stereocenters. The van der Waals surface area contributed by atoms with E-state index in [4.69, 9.17) is 0 Å². The average molecular weight is 167 g/mol. The van der Waals surface area contributed by atoms with Gasteiger partial charge in [-0.1, -0.05) is 0 Å². The van der Waals surface area contributed by atoms with E-state index in [1.165, 1.54) is 7.11 Å². The van der Waals surface area contributed by atoms with Crippen molar-refractivity contribution in [3.05, 3.63) is 0 Å². The SMILES string of the molecule is CNCC(=O)O[PH](=O)OC. The first-order chi connectivity index (χ1) is 4.70. The Morgan fingerprint density at radius 1 is 1.70 bits per heavy atom. The van der Waals surface area contributed by atoms with Crippen LogP contribution in [0.1, 0.15) is 0 Å². The quantitative estimate of drug-likeness (QED) is 0.586. The summed E-state index contributed by atoms with van der Waals surface area (Å²) in [7, 11) is 0.215. The third-order valence-corrected chi connectivity index (χ3v) is 1.41. The van der Waals surface area contributed by atoms with Gasteiger partial charge in [-0.15, -0.1) is 0 Å². The molecular weight excluding hydrogens is 157 g/mol. The summed E-state index contributed by atoms with van der Waals surface area (Å²) in [6.45, 7) is 0.0414. The lowest BCUT2D eigenvalue weighted by atomic mass is 10.7. The van der Waals surface area contributed by atoms with Crippen LogP contribution in [0.4, 0.5) is 0 Å². The Bertz CT molecular complexity index is 137. The van der Waals surface area contributed by atoms with Crippen LogP contribution >= 0.6 is 8.25 Å². The molecule has 0 aromatic rings. The molecule has 5 nitrogen and oxygen atoms in total. The highest BCUT2D eigenvalue weighted by Crippen LogP contribution is 2.21. The van der Waals surface area contributed by atoms with Crippen molar-refractivity contribution in [2.45, 2.75) is 0 Å². The van der Waals surface area contributed by atoms with E-state index < -0.39 is 14.2 Å². The van der Waals surface area contributed by atoms with Crippen LogP contribution < -0.4 is 5.32 Å². The lowest BCUT2D eigenvalue weighted by Gasteiger charge is -2.00. The number of hydrogen-bond donors (Lipinski definition) is 1. The highest BCUT2D eigenvalue weighted by Gasteiger charge is 2.03. The molecule has 1 N–H and O–H groups in total. The summed E-state index contributed by atoms with van der Waals surface area (Å²) in [6, 6.07) is 0. The van der Waals surface area contributed by atoms with Crippen molar-refractivity contribution in [3.63, 3.8) is 0 Å². The molecule has 0 radical (unpaired) electrons. The fourth-order valence-electron chi connectivity index (χ4n) is 0.315. The van der Waals surface area contributed by atoms with Crippen molar-refractivity contribution in [1.82, 2.24) is 5.32 Å². The summed E-state index contributed by atoms with van der Waals surface area (Å²) in [5.41, 5.74) is 0. The van der Waals surface area contributed by atoms with E-state index in [0.29, 0.717) is 0 Å². The van der Waals surface area contributed by atoms with Crippen LogP contribution in [0.5, 0.6) is 0 Å². The number of rotatable bonds is 4. The monoisotopic (exact) mass is 167 g/mol. The van der Waals surface area contributed by atoms with Crippen LogP contribution in [0.3, 0.4) is 0 Å². The van der Waals surface area contributed by atoms with Gasteiger partial charge in [-0.05, 0) is 7.05 Å². The highest BCUT2D eigenvalue weighted by molar-refractivity contribution is 7.34. The summed E-state index contributed by atoms with van der Waals surface area (Å²) >= 11 is 0. The number of nitrogens with one attached hydrogen (secondary N) is 1. The van der Waals surface area contributed by atoms with Crippen molar-refractivity contribution >= 4 is 14.2 Å². The predicted molar refractivity (Wildman–Crippen MR) is 36.0 cm³/mol. The standard InChI is InChI=1S/C4H10NO4P/c1-5-3-4(6)9-10(7)8-2/h5,10H,3H2,1-2H3. The molecule has 0 spiro atoms. The van der Waals surface area contributed by atoms with Gasteiger partial charge in [0.15, 0.2) is 0 Å². The van der Waals surface area contributed by atoms with Crippen molar-refractivity contribution in [2.75, 3.05) is 20.7 Å². The molecule has 0 bridgehead atoms. The first kappa shape index (κ1) is 9.62. The molecule has 0 aliphatic rings. The normalized spacial score (nSPS) is 12.6. The van der Waals surface area contributed by atoms with Gasteiger partial charge >= 0.3 is 14.2 Å². The Hall–Kier alpha value is -0.380. The van der Waals surface area contributed by atoms with Crippen LogP contribution in [0.25, 0.3) is 0 Å².